The first-order chi connectivity index (χ1) is 11.7. The second-order valence-electron chi connectivity index (χ2n) is 5.61. The highest BCUT2D eigenvalue weighted by molar-refractivity contribution is 9.10. The van der Waals surface area contributed by atoms with E-state index in [-0.39, 0.29) is 5.82 Å². The van der Waals surface area contributed by atoms with Crippen LogP contribution >= 0.6 is 15.9 Å². The second kappa shape index (κ2) is 6.24. The molecule has 0 bridgehead atoms. The maximum absolute atomic E-state index is 14.4. The third kappa shape index (κ3) is 2.76. The number of imidazole rings is 1. The number of benzene rings is 2. The van der Waals surface area contributed by atoms with Crippen molar-refractivity contribution >= 4 is 26.9 Å². The SMILES string of the molecule is Fc1cccc(-c2ncc[nH]2)c1CCc1cc(Br)cc2ccoc12. The number of rotatable bonds is 4. The van der Waals surface area contributed by atoms with Gasteiger partial charge in [-0.25, -0.2) is 9.37 Å². The van der Waals surface area contributed by atoms with Crippen LogP contribution in [0.1, 0.15) is 11.1 Å². The van der Waals surface area contributed by atoms with E-state index in [0.717, 1.165) is 26.6 Å². The lowest BCUT2D eigenvalue weighted by molar-refractivity contribution is 0.602. The molecule has 0 amide bonds. The van der Waals surface area contributed by atoms with Gasteiger partial charge in [0.25, 0.3) is 0 Å². The molecule has 0 aliphatic carbocycles. The number of hydrogen-bond acceptors (Lipinski definition) is 2. The van der Waals surface area contributed by atoms with Gasteiger partial charge < -0.3 is 9.40 Å². The van der Waals surface area contributed by atoms with Crippen molar-refractivity contribution in [3.05, 3.63) is 76.5 Å². The van der Waals surface area contributed by atoms with E-state index >= 15 is 0 Å². The van der Waals surface area contributed by atoms with E-state index in [2.05, 4.69) is 25.9 Å². The van der Waals surface area contributed by atoms with E-state index in [9.17, 15) is 4.39 Å². The Hall–Kier alpha value is -2.40. The van der Waals surface area contributed by atoms with Gasteiger partial charge in [-0.15, -0.1) is 0 Å². The monoisotopic (exact) mass is 384 g/mol. The number of fused-ring (bicyclic) bond motifs is 1. The maximum Gasteiger partial charge on any atom is 0.137 e. The third-order valence-corrected chi connectivity index (χ3v) is 4.57. The van der Waals surface area contributed by atoms with Crippen LogP contribution < -0.4 is 0 Å². The van der Waals surface area contributed by atoms with Gasteiger partial charge in [-0.1, -0.05) is 28.1 Å². The van der Waals surface area contributed by atoms with Crippen molar-refractivity contribution < 1.29 is 8.81 Å². The predicted octanol–water partition coefficient (Wildman–Crippen LogP) is 5.51. The Labute approximate surface area is 146 Å². The lowest BCUT2D eigenvalue weighted by atomic mass is 9.98. The Bertz CT molecular complexity index is 992. The summed E-state index contributed by atoms with van der Waals surface area (Å²) in [6.07, 6.45) is 6.33. The fourth-order valence-corrected chi connectivity index (χ4v) is 3.53. The Morgan fingerprint density at radius 3 is 2.92 bits per heavy atom. The minimum atomic E-state index is -0.213. The van der Waals surface area contributed by atoms with E-state index in [0.29, 0.717) is 24.2 Å². The predicted molar refractivity (Wildman–Crippen MR) is 95.3 cm³/mol. The van der Waals surface area contributed by atoms with Gasteiger partial charge in [-0.05, 0) is 48.2 Å². The molecule has 3 nitrogen and oxygen atoms in total. The summed E-state index contributed by atoms with van der Waals surface area (Å²) in [4.78, 5) is 7.30. The standard InChI is InChI=1S/C19H14BrFN2O/c20-14-10-12(18-13(11-14)6-9-24-18)4-5-15-16(2-1-3-17(15)21)19-22-7-8-23-19/h1-3,6-11H,4-5H2,(H,22,23). The van der Waals surface area contributed by atoms with Gasteiger partial charge in [0.15, 0.2) is 0 Å². The number of nitrogens with zero attached hydrogens (tertiary/aromatic N) is 1. The topological polar surface area (TPSA) is 41.8 Å². The molecule has 4 aromatic rings. The lowest BCUT2D eigenvalue weighted by Crippen LogP contribution is -1.99. The van der Waals surface area contributed by atoms with Crippen molar-refractivity contribution in [1.29, 1.82) is 0 Å². The summed E-state index contributed by atoms with van der Waals surface area (Å²) < 4.78 is 21.0. The molecule has 120 valence electrons. The molecule has 5 heteroatoms. The highest BCUT2D eigenvalue weighted by atomic mass is 79.9. The lowest BCUT2D eigenvalue weighted by Gasteiger charge is -2.10. The van der Waals surface area contributed by atoms with Gasteiger partial charge in [0.05, 0.1) is 6.26 Å². The van der Waals surface area contributed by atoms with Gasteiger partial charge >= 0.3 is 0 Å². The van der Waals surface area contributed by atoms with Crippen LogP contribution in [0.15, 0.2) is 63.9 Å². The minimum absolute atomic E-state index is 0.213. The third-order valence-electron chi connectivity index (χ3n) is 4.11. The van der Waals surface area contributed by atoms with E-state index in [4.69, 9.17) is 4.42 Å². The molecule has 0 atom stereocenters. The van der Waals surface area contributed by atoms with Crippen LogP contribution in [0.2, 0.25) is 0 Å². The van der Waals surface area contributed by atoms with Crippen LogP contribution in [-0.4, -0.2) is 9.97 Å². The first-order valence-electron chi connectivity index (χ1n) is 7.65. The molecule has 0 spiro atoms. The van der Waals surface area contributed by atoms with Crippen LogP contribution in [0.25, 0.3) is 22.4 Å². The van der Waals surface area contributed by atoms with Crippen molar-refractivity contribution in [2.45, 2.75) is 12.8 Å². The number of hydrogen-bond donors (Lipinski definition) is 1. The number of aryl methyl sites for hydroxylation is 1. The zero-order valence-corrected chi connectivity index (χ0v) is 14.3. The molecule has 4 rings (SSSR count). The number of halogens is 2. The molecular weight excluding hydrogens is 371 g/mol. The summed E-state index contributed by atoms with van der Waals surface area (Å²) in [7, 11) is 0. The number of aromatic nitrogens is 2. The van der Waals surface area contributed by atoms with E-state index in [1.165, 1.54) is 6.07 Å². The smallest absolute Gasteiger partial charge is 0.137 e. The molecule has 0 radical (unpaired) electrons. The molecular formula is C19H14BrFN2O. The van der Waals surface area contributed by atoms with E-state index < -0.39 is 0 Å². The van der Waals surface area contributed by atoms with Crippen LogP contribution in [0.3, 0.4) is 0 Å². The van der Waals surface area contributed by atoms with E-state index in [1.54, 1.807) is 24.7 Å². The van der Waals surface area contributed by atoms with Gasteiger partial charge in [-0.3, -0.25) is 0 Å². The molecule has 0 saturated carbocycles. The molecule has 0 unspecified atom stereocenters. The van der Waals surface area contributed by atoms with Crippen molar-refractivity contribution in [3.8, 4) is 11.4 Å². The molecule has 2 aromatic carbocycles. The first-order valence-corrected chi connectivity index (χ1v) is 8.44. The zero-order chi connectivity index (χ0) is 16.5. The fourth-order valence-electron chi connectivity index (χ4n) is 3.01. The molecule has 1 N–H and O–H groups in total. The zero-order valence-electron chi connectivity index (χ0n) is 12.7. The Balaban J connectivity index is 1.70. The van der Waals surface area contributed by atoms with Crippen LogP contribution in [0.4, 0.5) is 4.39 Å². The van der Waals surface area contributed by atoms with Crippen molar-refractivity contribution in [3.63, 3.8) is 0 Å². The Kier molecular flexibility index (Phi) is 3.94. The normalized spacial score (nSPS) is 11.2. The van der Waals surface area contributed by atoms with Gasteiger partial charge in [0, 0.05) is 27.8 Å². The number of furan rings is 1. The average Bonchev–Trinajstić information content (AvgIpc) is 3.24. The van der Waals surface area contributed by atoms with Crippen LogP contribution in [-0.2, 0) is 12.8 Å². The molecule has 24 heavy (non-hydrogen) atoms. The highest BCUT2D eigenvalue weighted by Gasteiger charge is 2.14. The largest absolute Gasteiger partial charge is 0.464 e. The minimum Gasteiger partial charge on any atom is -0.464 e. The fraction of sp³-hybridized carbons (Fsp3) is 0.105. The van der Waals surface area contributed by atoms with Gasteiger partial charge in [-0.2, -0.15) is 0 Å². The maximum atomic E-state index is 14.4. The highest BCUT2D eigenvalue weighted by Crippen LogP contribution is 2.29. The van der Waals surface area contributed by atoms with Crippen molar-refractivity contribution in [2.75, 3.05) is 0 Å². The molecule has 2 heterocycles. The van der Waals surface area contributed by atoms with Crippen molar-refractivity contribution in [2.24, 2.45) is 0 Å². The summed E-state index contributed by atoms with van der Waals surface area (Å²) in [5.74, 6) is 0.469. The molecule has 0 aliphatic heterocycles. The van der Waals surface area contributed by atoms with Gasteiger partial charge in [0.2, 0.25) is 0 Å². The number of H-pyrrole nitrogens is 1. The first kappa shape index (κ1) is 15.1. The molecule has 2 aromatic heterocycles. The van der Waals surface area contributed by atoms with Crippen LogP contribution in [0, 0.1) is 5.82 Å². The Morgan fingerprint density at radius 2 is 2.08 bits per heavy atom. The molecule has 0 aliphatic rings. The summed E-state index contributed by atoms with van der Waals surface area (Å²) in [5.41, 5.74) is 3.37. The van der Waals surface area contributed by atoms with E-state index in [1.807, 2.05) is 24.3 Å². The van der Waals surface area contributed by atoms with Crippen LogP contribution in [0.5, 0.6) is 0 Å². The van der Waals surface area contributed by atoms with Gasteiger partial charge in [0.1, 0.15) is 17.2 Å². The number of aromatic amines is 1. The quantitative estimate of drug-likeness (QED) is 0.503. The summed E-state index contributed by atoms with van der Waals surface area (Å²) in [6, 6.07) is 11.1. The van der Waals surface area contributed by atoms with Crippen molar-refractivity contribution in [1.82, 2.24) is 9.97 Å². The summed E-state index contributed by atoms with van der Waals surface area (Å²) in [5, 5.41) is 1.04. The molecule has 0 saturated heterocycles. The molecule has 0 fully saturated rings. The second-order valence-corrected chi connectivity index (χ2v) is 6.52. The Morgan fingerprint density at radius 1 is 1.17 bits per heavy atom. The summed E-state index contributed by atoms with van der Waals surface area (Å²) >= 11 is 3.52. The summed E-state index contributed by atoms with van der Waals surface area (Å²) in [6.45, 7) is 0. The average molecular weight is 385 g/mol. The number of nitrogens with one attached hydrogen (secondary N) is 1.